The summed E-state index contributed by atoms with van der Waals surface area (Å²) in [6, 6.07) is 3.79. The molecular weight excluding hydrogens is 294 g/mol. The van der Waals surface area contributed by atoms with Gasteiger partial charge >= 0.3 is 5.91 Å². The molecule has 2 heterocycles. The van der Waals surface area contributed by atoms with Crippen molar-refractivity contribution in [2.24, 2.45) is 0 Å². The third-order valence-corrected chi connectivity index (χ3v) is 4.61. The summed E-state index contributed by atoms with van der Waals surface area (Å²) in [5.74, 6) is 1.17. The number of amides is 1. The highest BCUT2D eigenvalue weighted by Gasteiger charge is 2.52. The molecule has 2 atom stereocenters. The summed E-state index contributed by atoms with van der Waals surface area (Å²) in [6.45, 7) is 4.20. The average molecular weight is 311 g/mol. The number of likely N-dealkylation sites (N-methyl/N-ethyl adjacent to an activating group) is 1. The van der Waals surface area contributed by atoms with E-state index in [1.807, 2.05) is 26.1 Å². The zero-order chi connectivity index (χ0) is 13.1. The minimum atomic E-state index is -0.105. The zero-order valence-electron chi connectivity index (χ0n) is 10.8. The van der Waals surface area contributed by atoms with Gasteiger partial charge in [0, 0.05) is 11.6 Å². The zero-order valence-corrected chi connectivity index (χ0v) is 12.4. The van der Waals surface area contributed by atoms with E-state index >= 15 is 0 Å². The van der Waals surface area contributed by atoms with Crippen molar-refractivity contribution in [1.29, 1.82) is 0 Å². The number of carbonyl (C=O) groups excluding carboxylic acids is 1. The molecule has 3 rings (SSSR count). The predicted octanol–water partition coefficient (Wildman–Crippen LogP) is 1.28. The molecule has 18 heavy (non-hydrogen) atoms. The molecule has 1 aliphatic carbocycles. The molecule has 2 aliphatic rings. The Labute approximate surface area is 115 Å². The number of hydrogen-bond acceptors (Lipinski definition) is 3. The number of nitrogens with zero attached hydrogens (tertiary/aromatic N) is 2. The van der Waals surface area contributed by atoms with Gasteiger partial charge < -0.3 is 4.90 Å². The fraction of sp³-hybridized carbons (Fsp3) is 0.538. The van der Waals surface area contributed by atoms with Crippen LogP contribution in [0.2, 0.25) is 0 Å². The first kappa shape index (κ1) is 12.1. The molecule has 1 fully saturated rings. The van der Waals surface area contributed by atoms with E-state index in [4.69, 9.17) is 0 Å². The molecule has 1 aromatic heterocycles. The van der Waals surface area contributed by atoms with Crippen LogP contribution >= 0.6 is 15.9 Å². The van der Waals surface area contributed by atoms with Gasteiger partial charge in [-0.3, -0.25) is 0 Å². The van der Waals surface area contributed by atoms with Crippen LogP contribution in [0.3, 0.4) is 0 Å². The second-order valence-electron chi connectivity index (χ2n) is 5.54. The Morgan fingerprint density at radius 3 is 2.78 bits per heavy atom. The van der Waals surface area contributed by atoms with Crippen LogP contribution in [0.15, 0.2) is 16.7 Å². The highest BCUT2D eigenvalue weighted by Crippen LogP contribution is 2.46. The van der Waals surface area contributed by atoms with Gasteiger partial charge in [0.2, 0.25) is 0 Å². The van der Waals surface area contributed by atoms with E-state index in [0.29, 0.717) is 0 Å². The van der Waals surface area contributed by atoms with Gasteiger partial charge in [-0.2, -0.15) is 0 Å². The molecule has 96 valence electrons. The number of carbonyl (C=O) groups is 1. The number of pyridine rings is 1. The predicted molar refractivity (Wildman–Crippen MR) is 73.1 cm³/mol. The monoisotopic (exact) mass is 310 g/mol. The summed E-state index contributed by atoms with van der Waals surface area (Å²) in [4.78, 5) is 20.0. The third-order valence-electron chi connectivity index (χ3n) is 4.16. The number of rotatable bonds is 1. The number of nitrogens with one attached hydrogen (secondary N) is 1. The molecule has 1 aromatic rings. The van der Waals surface area contributed by atoms with Crippen LogP contribution in [-0.4, -0.2) is 29.5 Å². The van der Waals surface area contributed by atoms with E-state index in [1.165, 1.54) is 0 Å². The largest absolute Gasteiger partial charge is 0.339 e. The van der Waals surface area contributed by atoms with Gasteiger partial charge in [-0.1, -0.05) is 0 Å². The molecule has 0 saturated heterocycles. The Bertz CT molecular complexity index is 527. The van der Waals surface area contributed by atoms with Crippen molar-refractivity contribution in [3.8, 4) is 0 Å². The number of quaternary nitrogens is 1. The SMILES string of the molecule is CC1C(=O)[NH+](C)c2ccc(Br)nc2N1C1(C)CC1. The van der Waals surface area contributed by atoms with E-state index in [9.17, 15) is 4.79 Å². The average Bonchev–Trinajstić information content (AvgIpc) is 3.05. The first-order valence-electron chi connectivity index (χ1n) is 6.28. The minimum absolute atomic E-state index is 0.105. The minimum Gasteiger partial charge on any atom is -0.331 e. The number of hydrogen-bond donors (Lipinski definition) is 1. The first-order valence-corrected chi connectivity index (χ1v) is 7.07. The fourth-order valence-corrected chi connectivity index (χ4v) is 3.09. The maximum absolute atomic E-state index is 12.3. The van der Waals surface area contributed by atoms with Gasteiger partial charge in [0.25, 0.3) is 0 Å². The molecule has 5 heteroatoms. The Balaban J connectivity index is 2.18. The molecule has 0 aromatic carbocycles. The first-order chi connectivity index (χ1) is 8.44. The van der Waals surface area contributed by atoms with Crippen LogP contribution in [0.4, 0.5) is 11.5 Å². The van der Waals surface area contributed by atoms with Gasteiger partial charge in [0.1, 0.15) is 10.6 Å². The van der Waals surface area contributed by atoms with Gasteiger partial charge in [-0.25, -0.2) is 14.7 Å². The van der Waals surface area contributed by atoms with Crippen LogP contribution in [0, 0.1) is 0 Å². The van der Waals surface area contributed by atoms with Crippen LogP contribution in [0.5, 0.6) is 0 Å². The van der Waals surface area contributed by atoms with Gasteiger partial charge in [0.05, 0.1) is 7.05 Å². The summed E-state index contributed by atoms with van der Waals surface area (Å²) in [6.07, 6.45) is 2.27. The summed E-state index contributed by atoms with van der Waals surface area (Å²) >= 11 is 3.43. The van der Waals surface area contributed by atoms with E-state index < -0.39 is 0 Å². The highest BCUT2D eigenvalue weighted by atomic mass is 79.9. The van der Waals surface area contributed by atoms with E-state index in [0.717, 1.165) is 33.8 Å². The molecule has 1 saturated carbocycles. The van der Waals surface area contributed by atoms with Crippen molar-refractivity contribution in [3.63, 3.8) is 0 Å². The quantitative estimate of drug-likeness (QED) is 0.794. The summed E-state index contributed by atoms with van der Waals surface area (Å²) in [7, 11) is 1.90. The van der Waals surface area contributed by atoms with E-state index in [2.05, 4.69) is 32.7 Å². The molecule has 1 aliphatic heterocycles. The van der Waals surface area contributed by atoms with Crippen molar-refractivity contribution < 1.29 is 9.69 Å². The lowest BCUT2D eigenvalue weighted by molar-refractivity contribution is -0.726. The Hall–Kier alpha value is -0.940. The lowest BCUT2D eigenvalue weighted by Gasteiger charge is -2.39. The number of halogens is 1. The Morgan fingerprint density at radius 2 is 2.17 bits per heavy atom. The van der Waals surface area contributed by atoms with Crippen molar-refractivity contribution in [2.75, 3.05) is 11.9 Å². The number of anilines is 1. The summed E-state index contributed by atoms with van der Waals surface area (Å²) < 4.78 is 0.824. The van der Waals surface area contributed by atoms with Crippen molar-refractivity contribution in [2.45, 2.75) is 38.3 Å². The molecule has 1 amide bonds. The van der Waals surface area contributed by atoms with E-state index in [-0.39, 0.29) is 17.5 Å². The molecule has 0 radical (unpaired) electrons. The Morgan fingerprint density at radius 1 is 1.50 bits per heavy atom. The number of fused-ring (bicyclic) bond motifs is 1. The number of aromatic nitrogens is 1. The lowest BCUT2D eigenvalue weighted by Crippen LogP contribution is -3.10. The van der Waals surface area contributed by atoms with Gasteiger partial charge in [0.15, 0.2) is 11.5 Å². The molecule has 0 spiro atoms. The fourth-order valence-electron chi connectivity index (χ4n) is 2.79. The lowest BCUT2D eigenvalue weighted by atomic mass is 10.1. The smallest absolute Gasteiger partial charge is 0.331 e. The molecule has 4 nitrogen and oxygen atoms in total. The van der Waals surface area contributed by atoms with Crippen molar-refractivity contribution >= 4 is 33.3 Å². The van der Waals surface area contributed by atoms with Crippen molar-refractivity contribution in [1.82, 2.24) is 4.98 Å². The summed E-state index contributed by atoms with van der Waals surface area (Å²) in [5, 5.41) is 0. The van der Waals surface area contributed by atoms with Crippen LogP contribution in [0.25, 0.3) is 0 Å². The molecule has 0 bridgehead atoms. The molecular formula is C13H17BrN3O+. The standard InChI is InChI=1S/C13H16BrN3O/c1-8-12(18)16(3)9-4-5-10(14)15-11(9)17(8)13(2)6-7-13/h4-5,8H,6-7H2,1-3H3/p+1. The topological polar surface area (TPSA) is 37.6 Å². The van der Waals surface area contributed by atoms with Crippen molar-refractivity contribution in [3.05, 3.63) is 16.7 Å². The molecule has 2 unspecified atom stereocenters. The van der Waals surface area contributed by atoms with Gasteiger partial charge in [-0.05, 0) is 48.7 Å². The second kappa shape index (κ2) is 3.78. The highest BCUT2D eigenvalue weighted by molar-refractivity contribution is 9.10. The van der Waals surface area contributed by atoms with Gasteiger partial charge in [-0.15, -0.1) is 0 Å². The van der Waals surface area contributed by atoms with Crippen LogP contribution in [0.1, 0.15) is 26.7 Å². The van der Waals surface area contributed by atoms with E-state index in [1.54, 1.807) is 0 Å². The van der Waals surface area contributed by atoms with Crippen LogP contribution in [-0.2, 0) is 4.79 Å². The summed E-state index contributed by atoms with van der Waals surface area (Å²) in [5.41, 5.74) is 1.09. The third kappa shape index (κ3) is 1.61. The maximum Gasteiger partial charge on any atom is 0.339 e. The normalized spacial score (nSPS) is 29.1. The molecule has 1 N–H and O–H groups in total. The Kier molecular flexibility index (Phi) is 2.54. The van der Waals surface area contributed by atoms with Crippen LogP contribution < -0.4 is 9.80 Å². The second-order valence-corrected chi connectivity index (χ2v) is 6.35. The maximum atomic E-state index is 12.3.